The number of aromatic nitrogens is 3. The molecule has 0 saturated carbocycles. The largest absolute Gasteiger partial charge is 0.331 e. The second-order valence-corrected chi connectivity index (χ2v) is 8.54. The van der Waals surface area contributed by atoms with Crippen molar-refractivity contribution in [3.8, 4) is 0 Å². The minimum Gasteiger partial charge on any atom is -0.331 e. The van der Waals surface area contributed by atoms with Crippen molar-refractivity contribution < 1.29 is 8.78 Å². The van der Waals surface area contributed by atoms with Crippen LogP contribution in [-0.2, 0) is 13.1 Å². The van der Waals surface area contributed by atoms with Gasteiger partial charge in [-0.25, -0.2) is 13.5 Å². The van der Waals surface area contributed by atoms with Crippen LogP contribution in [0.2, 0.25) is 0 Å². The van der Waals surface area contributed by atoms with Crippen molar-refractivity contribution in [2.24, 2.45) is 0 Å². The highest BCUT2D eigenvalue weighted by atomic mass is 32.1. The Morgan fingerprint density at radius 2 is 1.53 bits per heavy atom. The van der Waals surface area contributed by atoms with Gasteiger partial charge in [0.2, 0.25) is 0 Å². The molecule has 3 heterocycles. The third kappa shape index (κ3) is 3.21. The standard InChI is InChI=1S/C23H17F2N3OS/c1-14-10-20-22(30-14)19-11-26-28(13-16-4-8-18(25)9-5-16)23(29)21(19)27(20)12-15-2-6-17(24)7-3-15/h2-11H,12-13H2,1H3. The summed E-state index contributed by atoms with van der Waals surface area (Å²) in [5, 5.41) is 5.18. The summed E-state index contributed by atoms with van der Waals surface area (Å²) in [6.45, 7) is 2.73. The Hall–Kier alpha value is -3.32. The van der Waals surface area contributed by atoms with E-state index in [4.69, 9.17) is 0 Å². The smallest absolute Gasteiger partial charge is 0.291 e. The molecule has 0 aliphatic heterocycles. The average molecular weight is 421 g/mol. The molecule has 0 fully saturated rings. The molecule has 0 saturated heterocycles. The first kappa shape index (κ1) is 18.7. The maximum absolute atomic E-state index is 13.4. The monoisotopic (exact) mass is 421 g/mol. The van der Waals surface area contributed by atoms with Crippen LogP contribution >= 0.6 is 11.3 Å². The van der Waals surface area contributed by atoms with Gasteiger partial charge >= 0.3 is 0 Å². The van der Waals surface area contributed by atoms with Crippen molar-refractivity contribution in [1.82, 2.24) is 14.3 Å². The van der Waals surface area contributed by atoms with E-state index in [1.165, 1.54) is 28.9 Å². The first-order valence-corrected chi connectivity index (χ1v) is 10.3. The number of benzene rings is 2. The van der Waals surface area contributed by atoms with Crippen LogP contribution < -0.4 is 5.56 Å². The Labute approximate surface area is 174 Å². The van der Waals surface area contributed by atoms with Gasteiger partial charge in [-0.15, -0.1) is 11.3 Å². The van der Waals surface area contributed by atoms with Gasteiger partial charge < -0.3 is 4.57 Å². The van der Waals surface area contributed by atoms with E-state index in [0.29, 0.717) is 12.1 Å². The summed E-state index contributed by atoms with van der Waals surface area (Å²) in [4.78, 5) is 14.5. The molecule has 2 aromatic carbocycles. The molecule has 0 bridgehead atoms. The van der Waals surface area contributed by atoms with E-state index in [1.807, 2.05) is 11.5 Å². The summed E-state index contributed by atoms with van der Waals surface area (Å²) in [6.07, 6.45) is 1.72. The van der Waals surface area contributed by atoms with E-state index in [1.54, 1.807) is 41.8 Å². The first-order chi connectivity index (χ1) is 14.5. The zero-order chi connectivity index (χ0) is 20.8. The van der Waals surface area contributed by atoms with Gasteiger partial charge in [0.25, 0.3) is 5.56 Å². The van der Waals surface area contributed by atoms with Gasteiger partial charge in [0.05, 0.1) is 23.0 Å². The maximum Gasteiger partial charge on any atom is 0.291 e. The SMILES string of the molecule is Cc1cc2c(s1)c1cnn(Cc3ccc(F)cc3)c(=O)c1n2Cc1ccc(F)cc1. The minimum absolute atomic E-state index is 0.208. The van der Waals surface area contributed by atoms with Crippen molar-refractivity contribution in [1.29, 1.82) is 0 Å². The van der Waals surface area contributed by atoms with Gasteiger partial charge in [0.1, 0.15) is 17.2 Å². The molecule has 7 heteroatoms. The van der Waals surface area contributed by atoms with Gasteiger partial charge in [0.15, 0.2) is 0 Å². The van der Waals surface area contributed by atoms with E-state index >= 15 is 0 Å². The van der Waals surface area contributed by atoms with Gasteiger partial charge in [-0.2, -0.15) is 5.10 Å². The Morgan fingerprint density at radius 3 is 2.17 bits per heavy atom. The highest BCUT2D eigenvalue weighted by Crippen LogP contribution is 2.34. The quantitative estimate of drug-likeness (QED) is 0.405. The lowest BCUT2D eigenvalue weighted by atomic mass is 10.2. The lowest BCUT2D eigenvalue weighted by molar-refractivity contribution is 0.619. The molecule has 0 radical (unpaired) electrons. The van der Waals surface area contributed by atoms with Gasteiger partial charge in [-0.05, 0) is 48.4 Å². The van der Waals surface area contributed by atoms with Crippen molar-refractivity contribution in [2.75, 3.05) is 0 Å². The summed E-state index contributed by atoms with van der Waals surface area (Å²) >= 11 is 1.62. The molecule has 0 aliphatic carbocycles. The van der Waals surface area contributed by atoms with Crippen LogP contribution in [0.3, 0.4) is 0 Å². The van der Waals surface area contributed by atoms with Gasteiger partial charge in [-0.3, -0.25) is 4.79 Å². The summed E-state index contributed by atoms with van der Waals surface area (Å²) in [7, 11) is 0. The molecule has 0 unspecified atom stereocenters. The molecule has 4 nitrogen and oxygen atoms in total. The van der Waals surface area contributed by atoms with E-state index in [-0.39, 0.29) is 23.7 Å². The number of hydrogen-bond acceptors (Lipinski definition) is 3. The van der Waals surface area contributed by atoms with Crippen LogP contribution in [0.4, 0.5) is 8.78 Å². The van der Waals surface area contributed by atoms with E-state index < -0.39 is 0 Å². The Kier molecular flexibility index (Phi) is 4.47. The second kappa shape index (κ2) is 7.18. The summed E-state index contributed by atoms with van der Waals surface area (Å²) in [6, 6.07) is 14.4. The minimum atomic E-state index is -0.321. The summed E-state index contributed by atoms with van der Waals surface area (Å²) in [5.74, 6) is -0.614. The lowest BCUT2D eigenvalue weighted by Gasteiger charge is -2.09. The van der Waals surface area contributed by atoms with Crippen LogP contribution in [0.1, 0.15) is 16.0 Å². The normalized spacial score (nSPS) is 11.6. The number of fused-ring (bicyclic) bond motifs is 3. The number of halogens is 2. The summed E-state index contributed by atoms with van der Waals surface area (Å²) < 4.78 is 30.9. The maximum atomic E-state index is 13.4. The molecule has 0 spiro atoms. The molecule has 0 N–H and O–H groups in total. The van der Waals surface area contributed by atoms with Crippen molar-refractivity contribution in [3.63, 3.8) is 0 Å². The van der Waals surface area contributed by atoms with Crippen LogP contribution in [0.15, 0.2) is 65.6 Å². The van der Waals surface area contributed by atoms with Crippen molar-refractivity contribution in [2.45, 2.75) is 20.0 Å². The fraction of sp³-hybridized carbons (Fsp3) is 0.130. The molecular weight excluding hydrogens is 404 g/mol. The molecule has 30 heavy (non-hydrogen) atoms. The number of thiophene rings is 1. The third-order valence-electron chi connectivity index (χ3n) is 5.16. The number of nitrogens with zero attached hydrogens (tertiary/aromatic N) is 3. The molecule has 150 valence electrons. The zero-order valence-electron chi connectivity index (χ0n) is 16.1. The molecule has 5 rings (SSSR count). The lowest BCUT2D eigenvalue weighted by Crippen LogP contribution is -2.25. The summed E-state index contributed by atoms with van der Waals surface area (Å²) in [5.41, 5.74) is 3.02. The molecule has 3 aromatic heterocycles. The van der Waals surface area contributed by atoms with Crippen LogP contribution in [-0.4, -0.2) is 14.3 Å². The molecule has 0 atom stereocenters. The fourth-order valence-electron chi connectivity index (χ4n) is 3.73. The molecule has 5 aromatic rings. The highest BCUT2D eigenvalue weighted by molar-refractivity contribution is 7.20. The topological polar surface area (TPSA) is 39.8 Å². The third-order valence-corrected chi connectivity index (χ3v) is 6.23. The van der Waals surface area contributed by atoms with Crippen LogP contribution in [0.5, 0.6) is 0 Å². The van der Waals surface area contributed by atoms with Gasteiger partial charge in [-0.1, -0.05) is 24.3 Å². The average Bonchev–Trinajstić information content (AvgIpc) is 3.24. The van der Waals surface area contributed by atoms with Crippen LogP contribution in [0, 0.1) is 18.6 Å². The predicted molar refractivity (Wildman–Crippen MR) is 115 cm³/mol. The Bertz CT molecular complexity index is 1430. The number of rotatable bonds is 4. The molecular formula is C23H17F2N3OS. The predicted octanol–water partition coefficient (Wildman–Crippen LogP) is 5.10. The van der Waals surface area contributed by atoms with E-state index in [9.17, 15) is 13.6 Å². The fourth-order valence-corrected chi connectivity index (χ4v) is 4.76. The zero-order valence-corrected chi connectivity index (χ0v) is 16.9. The number of hydrogen-bond donors (Lipinski definition) is 0. The molecule has 0 aliphatic rings. The molecule has 0 amide bonds. The Balaban J connectivity index is 1.68. The highest BCUT2D eigenvalue weighted by Gasteiger charge is 2.18. The van der Waals surface area contributed by atoms with Crippen molar-refractivity contribution in [3.05, 3.63) is 98.8 Å². The Morgan fingerprint density at radius 1 is 0.933 bits per heavy atom. The van der Waals surface area contributed by atoms with Crippen molar-refractivity contribution >= 4 is 32.5 Å². The van der Waals surface area contributed by atoms with Crippen LogP contribution in [0.25, 0.3) is 21.1 Å². The first-order valence-electron chi connectivity index (χ1n) is 9.47. The second-order valence-electron chi connectivity index (χ2n) is 7.28. The van der Waals surface area contributed by atoms with Gasteiger partial charge in [0, 0.05) is 16.8 Å². The van der Waals surface area contributed by atoms with E-state index in [2.05, 4.69) is 11.2 Å². The van der Waals surface area contributed by atoms with E-state index in [0.717, 1.165) is 31.6 Å². The number of aryl methyl sites for hydroxylation is 1.